The molecule has 0 unspecified atom stereocenters. The normalized spacial score (nSPS) is 15.0. The summed E-state index contributed by atoms with van der Waals surface area (Å²) in [5, 5.41) is 2.80. The van der Waals surface area contributed by atoms with E-state index in [-0.39, 0.29) is 17.3 Å². The summed E-state index contributed by atoms with van der Waals surface area (Å²) in [6.45, 7) is 1.36. The Morgan fingerprint density at radius 1 is 1.04 bits per heavy atom. The molecule has 1 amide bonds. The van der Waals surface area contributed by atoms with Crippen molar-refractivity contribution in [2.75, 3.05) is 36.9 Å². The van der Waals surface area contributed by atoms with E-state index in [9.17, 15) is 13.2 Å². The number of likely N-dealkylation sites (N-methyl/N-ethyl adjacent to an activating group) is 1. The lowest BCUT2D eigenvalue weighted by Crippen LogP contribution is -2.30. The van der Waals surface area contributed by atoms with Gasteiger partial charge in [0.25, 0.3) is 0 Å². The Morgan fingerprint density at radius 2 is 1.65 bits per heavy atom. The zero-order valence-electron chi connectivity index (χ0n) is 14.8. The molecule has 3 rings (SSSR count). The maximum absolute atomic E-state index is 12.5. The van der Waals surface area contributed by atoms with Crippen LogP contribution >= 0.6 is 0 Å². The second-order valence-electron chi connectivity index (χ2n) is 6.38. The number of sulfonamides is 1. The summed E-state index contributed by atoms with van der Waals surface area (Å²) < 4.78 is 26.5. The van der Waals surface area contributed by atoms with Crippen LogP contribution in [0.1, 0.15) is 12.8 Å². The van der Waals surface area contributed by atoms with Crippen molar-refractivity contribution in [3.63, 3.8) is 0 Å². The summed E-state index contributed by atoms with van der Waals surface area (Å²) in [5.41, 5.74) is 1.53. The number of amides is 1. The van der Waals surface area contributed by atoms with Crippen molar-refractivity contribution in [2.24, 2.45) is 0 Å². The summed E-state index contributed by atoms with van der Waals surface area (Å²) in [5.74, 6) is -0.161. The van der Waals surface area contributed by atoms with Crippen LogP contribution in [-0.2, 0) is 14.8 Å². The smallest absolute Gasteiger partial charge is 0.243 e. The third-order valence-electron chi connectivity index (χ3n) is 4.42. The van der Waals surface area contributed by atoms with Gasteiger partial charge in [0.05, 0.1) is 11.4 Å². The minimum atomic E-state index is -3.43. The van der Waals surface area contributed by atoms with E-state index in [1.54, 1.807) is 24.3 Å². The second kappa shape index (κ2) is 7.88. The Hall–Kier alpha value is -2.38. The number of para-hydroxylation sites is 1. The first kappa shape index (κ1) is 18.4. The van der Waals surface area contributed by atoms with Gasteiger partial charge in [-0.3, -0.25) is 4.79 Å². The molecule has 0 spiro atoms. The first-order valence-corrected chi connectivity index (χ1v) is 10.1. The second-order valence-corrected chi connectivity index (χ2v) is 8.31. The van der Waals surface area contributed by atoms with E-state index in [1.165, 1.54) is 4.31 Å². The molecule has 0 aromatic heterocycles. The molecule has 0 aliphatic carbocycles. The van der Waals surface area contributed by atoms with Crippen LogP contribution in [0.15, 0.2) is 59.5 Å². The van der Waals surface area contributed by atoms with Crippen molar-refractivity contribution >= 4 is 27.3 Å². The maximum atomic E-state index is 12.5. The number of rotatable bonds is 6. The molecule has 138 valence electrons. The van der Waals surface area contributed by atoms with Gasteiger partial charge in [-0.25, -0.2) is 8.42 Å². The molecule has 1 aliphatic heterocycles. The third-order valence-corrected chi connectivity index (χ3v) is 6.33. The number of nitrogens with one attached hydrogen (secondary N) is 1. The molecule has 7 heteroatoms. The summed E-state index contributed by atoms with van der Waals surface area (Å²) in [6.07, 6.45) is 1.81. The van der Waals surface area contributed by atoms with Crippen LogP contribution in [0.4, 0.5) is 11.4 Å². The standard InChI is InChI=1S/C19H23N3O3S/c1-21(17-7-3-2-4-8-17)15-19(23)20-16-9-11-18(12-10-16)26(24,25)22-13-5-6-14-22/h2-4,7-12H,5-6,13-15H2,1H3,(H,20,23). The van der Waals surface area contributed by atoms with E-state index in [1.807, 2.05) is 42.3 Å². The largest absolute Gasteiger partial charge is 0.365 e. The van der Waals surface area contributed by atoms with Gasteiger partial charge in [-0.15, -0.1) is 0 Å². The van der Waals surface area contributed by atoms with Crippen molar-refractivity contribution in [3.8, 4) is 0 Å². The van der Waals surface area contributed by atoms with Gasteiger partial charge >= 0.3 is 0 Å². The number of anilines is 2. The van der Waals surface area contributed by atoms with Gasteiger partial charge in [-0.05, 0) is 49.2 Å². The van der Waals surface area contributed by atoms with Crippen LogP contribution in [0.5, 0.6) is 0 Å². The fraction of sp³-hybridized carbons (Fsp3) is 0.316. The van der Waals surface area contributed by atoms with E-state index in [2.05, 4.69) is 5.32 Å². The molecule has 2 aromatic carbocycles. The SMILES string of the molecule is CN(CC(=O)Nc1ccc(S(=O)(=O)N2CCCC2)cc1)c1ccccc1. The molecule has 1 N–H and O–H groups in total. The zero-order valence-corrected chi connectivity index (χ0v) is 15.6. The Morgan fingerprint density at radius 3 is 2.27 bits per heavy atom. The molecule has 0 saturated carbocycles. The topological polar surface area (TPSA) is 69.7 Å². The van der Waals surface area contributed by atoms with Crippen molar-refractivity contribution < 1.29 is 13.2 Å². The Balaban J connectivity index is 1.61. The van der Waals surface area contributed by atoms with Crippen LogP contribution in [0.2, 0.25) is 0 Å². The van der Waals surface area contributed by atoms with Crippen molar-refractivity contribution in [3.05, 3.63) is 54.6 Å². The third kappa shape index (κ3) is 4.23. The van der Waals surface area contributed by atoms with Gasteiger partial charge in [0.2, 0.25) is 15.9 Å². The summed E-state index contributed by atoms with van der Waals surface area (Å²) in [4.78, 5) is 14.3. The maximum Gasteiger partial charge on any atom is 0.243 e. The molecule has 0 atom stereocenters. The molecule has 6 nitrogen and oxygen atoms in total. The highest BCUT2D eigenvalue weighted by Gasteiger charge is 2.26. The van der Waals surface area contributed by atoms with Gasteiger partial charge in [0, 0.05) is 31.5 Å². The van der Waals surface area contributed by atoms with Crippen LogP contribution in [-0.4, -0.2) is 45.3 Å². The van der Waals surface area contributed by atoms with E-state index < -0.39 is 10.0 Å². The predicted molar refractivity (Wildman–Crippen MR) is 103 cm³/mol. The summed E-state index contributed by atoms with van der Waals surface area (Å²) in [7, 11) is -1.58. The van der Waals surface area contributed by atoms with E-state index in [0.717, 1.165) is 18.5 Å². The molecule has 0 bridgehead atoms. The van der Waals surface area contributed by atoms with Crippen LogP contribution < -0.4 is 10.2 Å². The Labute approximate surface area is 154 Å². The highest BCUT2D eigenvalue weighted by molar-refractivity contribution is 7.89. The predicted octanol–water partition coefficient (Wildman–Crippen LogP) is 2.55. The molecule has 0 radical (unpaired) electrons. The van der Waals surface area contributed by atoms with Crippen LogP contribution in [0.3, 0.4) is 0 Å². The number of nitrogens with zero attached hydrogens (tertiary/aromatic N) is 2. The number of hydrogen-bond acceptors (Lipinski definition) is 4. The minimum absolute atomic E-state index is 0.161. The average molecular weight is 373 g/mol. The highest BCUT2D eigenvalue weighted by atomic mass is 32.2. The lowest BCUT2D eigenvalue weighted by atomic mass is 10.3. The zero-order chi connectivity index (χ0) is 18.6. The molecule has 1 heterocycles. The summed E-state index contributed by atoms with van der Waals surface area (Å²) >= 11 is 0. The minimum Gasteiger partial charge on any atom is -0.365 e. The molecule has 1 saturated heterocycles. The number of hydrogen-bond donors (Lipinski definition) is 1. The molecular formula is C19H23N3O3S. The van der Waals surface area contributed by atoms with Crippen molar-refractivity contribution in [1.82, 2.24) is 4.31 Å². The van der Waals surface area contributed by atoms with Gasteiger partial charge in [0.15, 0.2) is 0 Å². The van der Waals surface area contributed by atoms with Gasteiger partial charge < -0.3 is 10.2 Å². The monoisotopic (exact) mass is 373 g/mol. The van der Waals surface area contributed by atoms with Gasteiger partial charge in [-0.1, -0.05) is 18.2 Å². The molecule has 26 heavy (non-hydrogen) atoms. The highest BCUT2D eigenvalue weighted by Crippen LogP contribution is 2.22. The fourth-order valence-electron chi connectivity index (χ4n) is 2.98. The van der Waals surface area contributed by atoms with E-state index in [0.29, 0.717) is 18.8 Å². The molecule has 1 aliphatic rings. The molecule has 1 fully saturated rings. The van der Waals surface area contributed by atoms with Crippen molar-refractivity contribution in [1.29, 1.82) is 0 Å². The molecular weight excluding hydrogens is 350 g/mol. The van der Waals surface area contributed by atoms with Crippen molar-refractivity contribution in [2.45, 2.75) is 17.7 Å². The lowest BCUT2D eigenvalue weighted by molar-refractivity contribution is -0.114. The van der Waals surface area contributed by atoms with E-state index >= 15 is 0 Å². The van der Waals surface area contributed by atoms with Crippen LogP contribution in [0.25, 0.3) is 0 Å². The summed E-state index contributed by atoms with van der Waals surface area (Å²) in [6, 6.07) is 16.0. The first-order chi connectivity index (χ1) is 12.5. The first-order valence-electron chi connectivity index (χ1n) is 8.63. The van der Waals surface area contributed by atoms with E-state index in [4.69, 9.17) is 0 Å². The van der Waals surface area contributed by atoms with Gasteiger partial charge in [-0.2, -0.15) is 4.31 Å². The van der Waals surface area contributed by atoms with Gasteiger partial charge in [0.1, 0.15) is 0 Å². The van der Waals surface area contributed by atoms with Crippen LogP contribution in [0, 0.1) is 0 Å². The number of carbonyl (C=O) groups excluding carboxylic acids is 1. The number of carbonyl (C=O) groups is 1. The lowest BCUT2D eigenvalue weighted by Gasteiger charge is -2.19. The Kier molecular flexibility index (Phi) is 5.58. The average Bonchev–Trinajstić information content (AvgIpc) is 3.18. The number of benzene rings is 2. The quantitative estimate of drug-likeness (QED) is 0.845. The Bertz CT molecular complexity index is 845. The fourth-order valence-corrected chi connectivity index (χ4v) is 4.49. The molecule has 2 aromatic rings.